The van der Waals surface area contributed by atoms with Crippen LogP contribution in [-0.4, -0.2) is 25.1 Å². The summed E-state index contributed by atoms with van der Waals surface area (Å²) in [5, 5.41) is 8.41. The maximum Gasteiger partial charge on any atom is 0.338 e. The lowest BCUT2D eigenvalue weighted by atomic mass is 10.1. The van der Waals surface area contributed by atoms with Crippen LogP contribution in [0, 0.1) is 0 Å². The van der Waals surface area contributed by atoms with Crippen molar-refractivity contribution in [2.45, 2.75) is 45.4 Å². The third-order valence-electron chi connectivity index (χ3n) is 4.30. The fourth-order valence-electron chi connectivity index (χ4n) is 2.68. The maximum atomic E-state index is 11.7. The lowest BCUT2D eigenvalue weighted by Gasteiger charge is -2.06. The van der Waals surface area contributed by atoms with Crippen LogP contribution >= 0.6 is 11.6 Å². The number of hydrogen-bond donors (Lipinski definition) is 0. The Bertz CT molecular complexity index is 746. The molecule has 0 bridgehead atoms. The summed E-state index contributed by atoms with van der Waals surface area (Å²) in [5.41, 5.74) is 1.85. The van der Waals surface area contributed by atoms with E-state index in [0.29, 0.717) is 11.3 Å². The number of rotatable bonds is 13. The van der Waals surface area contributed by atoms with Gasteiger partial charge in [-0.3, -0.25) is 0 Å². The normalized spacial score (nSPS) is 11.0. The fraction of sp³-hybridized carbons (Fsp3) is 0.435. The number of ether oxygens (including phenoxy) is 2. The number of carbonyl (C=O) groups excluding carboxylic acids is 1. The van der Waals surface area contributed by atoms with Crippen LogP contribution in [0.25, 0.3) is 0 Å². The molecule has 0 spiro atoms. The first kappa shape index (κ1) is 22.9. The number of carbonyl (C=O) groups is 1. The summed E-state index contributed by atoms with van der Waals surface area (Å²) in [4.78, 5) is 11.7. The van der Waals surface area contributed by atoms with E-state index in [2.05, 4.69) is 17.2 Å². The Morgan fingerprint density at radius 3 is 2.03 bits per heavy atom. The van der Waals surface area contributed by atoms with E-state index in [1.165, 1.54) is 32.1 Å². The molecular weight excluding hydrogens is 388 g/mol. The number of alkyl halides is 1. The average molecular weight is 417 g/mol. The fourth-order valence-corrected chi connectivity index (χ4v) is 2.75. The summed E-state index contributed by atoms with van der Waals surface area (Å²) in [6.45, 7) is 3.17. The van der Waals surface area contributed by atoms with Crippen molar-refractivity contribution in [3.8, 4) is 5.75 Å². The van der Waals surface area contributed by atoms with Crippen LogP contribution in [0.4, 0.5) is 11.4 Å². The molecule has 0 aliphatic rings. The number of unbranched alkanes of at least 4 members (excludes halogenated alkanes) is 5. The first-order chi connectivity index (χ1) is 14.2. The summed E-state index contributed by atoms with van der Waals surface area (Å²) < 4.78 is 10.7. The average Bonchev–Trinajstić information content (AvgIpc) is 2.76. The van der Waals surface area contributed by atoms with E-state index in [0.717, 1.165) is 24.5 Å². The molecule has 0 heterocycles. The Hall–Kier alpha value is -2.40. The van der Waals surface area contributed by atoms with E-state index in [9.17, 15) is 4.79 Å². The first-order valence-electron chi connectivity index (χ1n) is 10.2. The molecule has 0 radical (unpaired) electrons. The summed E-state index contributed by atoms with van der Waals surface area (Å²) in [6, 6.07) is 14.3. The molecule has 2 aromatic carbocycles. The Morgan fingerprint density at radius 1 is 0.828 bits per heavy atom. The van der Waals surface area contributed by atoms with Crippen LogP contribution in [-0.2, 0) is 4.74 Å². The van der Waals surface area contributed by atoms with Gasteiger partial charge in [-0.2, -0.15) is 10.2 Å². The highest BCUT2D eigenvalue weighted by Crippen LogP contribution is 2.22. The number of halogens is 1. The van der Waals surface area contributed by atoms with Crippen LogP contribution in [0.3, 0.4) is 0 Å². The van der Waals surface area contributed by atoms with E-state index >= 15 is 0 Å². The standard InChI is InChI=1S/C23H29ClN2O3/c1-2-3-4-5-6-7-17-28-22-14-12-21(13-15-22)26-25-20-10-8-19(9-11-20)23(27)29-18-16-24/h8-15H,2-7,16-18H2,1H3. The quantitative estimate of drug-likeness (QED) is 0.150. The van der Waals surface area contributed by atoms with Crippen LogP contribution in [0.2, 0.25) is 0 Å². The zero-order chi connectivity index (χ0) is 20.7. The highest BCUT2D eigenvalue weighted by Gasteiger charge is 2.06. The molecule has 0 saturated heterocycles. The van der Waals surface area contributed by atoms with Crippen LogP contribution in [0.5, 0.6) is 5.75 Å². The smallest absolute Gasteiger partial charge is 0.338 e. The molecule has 0 aliphatic heterocycles. The van der Waals surface area contributed by atoms with E-state index < -0.39 is 5.97 Å². The molecule has 0 saturated carbocycles. The van der Waals surface area contributed by atoms with Crippen molar-refractivity contribution in [1.82, 2.24) is 0 Å². The van der Waals surface area contributed by atoms with Crippen LogP contribution < -0.4 is 4.74 Å². The monoisotopic (exact) mass is 416 g/mol. The van der Waals surface area contributed by atoms with Gasteiger partial charge in [0.1, 0.15) is 12.4 Å². The number of hydrogen-bond acceptors (Lipinski definition) is 5. The lowest BCUT2D eigenvalue weighted by molar-refractivity contribution is 0.0529. The zero-order valence-corrected chi connectivity index (χ0v) is 17.7. The predicted molar refractivity (Wildman–Crippen MR) is 117 cm³/mol. The van der Waals surface area contributed by atoms with Gasteiger partial charge >= 0.3 is 5.97 Å². The molecule has 29 heavy (non-hydrogen) atoms. The number of benzene rings is 2. The molecule has 0 atom stereocenters. The van der Waals surface area contributed by atoms with Crippen LogP contribution in [0.1, 0.15) is 55.8 Å². The molecule has 6 heteroatoms. The van der Waals surface area contributed by atoms with Gasteiger partial charge in [-0.15, -0.1) is 11.6 Å². The number of esters is 1. The Kier molecular flexibility index (Phi) is 10.8. The van der Waals surface area contributed by atoms with Gasteiger partial charge < -0.3 is 9.47 Å². The summed E-state index contributed by atoms with van der Waals surface area (Å²) in [5.74, 6) is 0.726. The van der Waals surface area contributed by atoms with Crippen molar-refractivity contribution in [1.29, 1.82) is 0 Å². The topological polar surface area (TPSA) is 60.2 Å². The molecule has 0 unspecified atom stereocenters. The summed E-state index contributed by atoms with van der Waals surface area (Å²) >= 11 is 5.51. The molecule has 5 nitrogen and oxygen atoms in total. The minimum absolute atomic E-state index is 0.195. The van der Waals surface area contributed by atoms with Gasteiger partial charge in [-0.1, -0.05) is 39.0 Å². The van der Waals surface area contributed by atoms with Gasteiger partial charge in [0.15, 0.2) is 0 Å². The van der Waals surface area contributed by atoms with Crippen molar-refractivity contribution in [3.63, 3.8) is 0 Å². The van der Waals surface area contributed by atoms with Gasteiger partial charge in [-0.25, -0.2) is 4.79 Å². The van der Waals surface area contributed by atoms with Crippen molar-refractivity contribution < 1.29 is 14.3 Å². The maximum absolute atomic E-state index is 11.7. The SMILES string of the molecule is CCCCCCCCOc1ccc(N=Nc2ccc(C(=O)OCCCl)cc2)cc1. The second kappa shape index (κ2) is 13.7. The van der Waals surface area contributed by atoms with E-state index in [1.54, 1.807) is 24.3 Å². The highest BCUT2D eigenvalue weighted by molar-refractivity contribution is 6.18. The number of azo groups is 1. The Balaban J connectivity index is 1.75. The second-order valence-electron chi connectivity index (χ2n) is 6.68. The molecule has 2 aromatic rings. The molecular formula is C23H29ClN2O3. The second-order valence-corrected chi connectivity index (χ2v) is 7.06. The Morgan fingerprint density at radius 2 is 1.41 bits per heavy atom. The minimum Gasteiger partial charge on any atom is -0.494 e. The van der Waals surface area contributed by atoms with Gasteiger partial charge in [0, 0.05) is 0 Å². The van der Waals surface area contributed by atoms with E-state index in [1.807, 2.05) is 24.3 Å². The first-order valence-corrected chi connectivity index (χ1v) is 10.7. The van der Waals surface area contributed by atoms with Crippen molar-refractivity contribution in [2.24, 2.45) is 10.2 Å². The summed E-state index contributed by atoms with van der Waals surface area (Å²) in [7, 11) is 0. The minimum atomic E-state index is -0.398. The van der Waals surface area contributed by atoms with Crippen molar-refractivity contribution in [3.05, 3.63) is 54.1 Å². The van der Waals surface area contributed by atoms with Crippen molar-refractivity contribution >= 4 is 28.9 Å². The van der Waals surface area contributed by atoms with Crippen molar-refractivity contribution in [2.75, 3.05) is 19.1 Å². The van der Waals surface area contributed by atoms with E-state index in [-0.39, 0.29) is 12.5 Å². The largest absolute Gasteiger partial charge is 0.494 e. The van der Waals surface area contributed by atoms with Gasteiger partial charge in [-0.05, 0) is 55.0 Å². The Labute approximate surface area is 178 Å². The van der Waals surface area contributed by atoms with Gasteiger partial charge in [0.25, 0.3) is 0 Å². The molecule has 0 aliphatic carbocycles. The van der Waals surface area contributed by atoms with E-state index in [4.69, 9.17) is 21.1 Å². The lowest BCUT2D eigenvalue weighted by Crippen LogP contribution is -2.06. The molecule has 0 amide bonds. The zero-order valence-electron chi connectivity index (χ0n) is 17.0. The number of nitrogens with zero attached hydrogens (tertiary/aromatic N) is 2. The highest BCUT2D eigenvalue weighted by atomic mass is 35.5. The molecule has 156 valence electrons. The molecule has 2 rings (SSSR count). The summed E-state index contributed by atoms with van der Waals surface area (Å²) in [6.07, 6.45) is 7.50. The van der Waals surface area contributed by atoms with Crippen LogP contribution in [0.15, 0.2) is 58.8 Å². The van der Waals surface area contributed by atoms with Gasteiger partial charge in [0.2, 0.25) is 0 Å². The molecule has 0 aromatic heterocycles. The molecule has 0 fully saturated rings. The third-order valence-corrected chi connectivity index (χ3v) is 4.45. The predicted octanol–water partition coefficient (Wildman–Crippen LogP) is 7.24. The van der Waals surface area contributed by atoms with Gasteiger partial charge in [0.05, 0.1) is 29.4 Å². The third kappa shape index (κ3) is 9.09. The molecule has 0 N–H and O–H groups in total.